The first-order valence-corrected chi connectivity index (χ1v) is 6.49. The maximum atomic E-state index is 6.10. The molecule has 1 heterocycles. The van der Waals surface area contributed by atoms with Gasteiger partial charge in [-0.05, 0) is 30.2 Å². The summed E-state index contributed by atoms with van der Waals surface area (Å²) < 4.78 is 4.95. The third kappa shape index (κ3) is 3.98. The summed E-state index contributed by atoms with van der Waals surface area (Å²) in [4.78, 5) is 8.10. The molecule has 0 spiro atoms. The highest BCUT2D eigenvalue weighted by molar-refractivity contribution is 6.35. The minimum atomic E-state index is 0.342. The van der Waals surface area contributed by atoms with Crippen LogP contribution in [0.1, 0.15) is 5.56 Å². The van der Waals surface area contributed by atoms with Crippen molar-refractivity contribution in [2.75, 3.05) is 19.0 Å². The number of hydrogen-bond donors (Lipinski definition) is 1. The summed E-state index contributed by atoms with van der Waals surface area (Å²) in [6.45, 7) is 0.710. The highest BCUT2D eigenvalue weighted by Crippen LogP contribution is 2.21. The van der Waals surface area contributed by atoms with Gasteiger partial charge in [0.15, 0.2) is 0 Å². The highest BCUT2D eigenvalue weighted by Gasteiger charge is 2.02. The number of nitrogens with one attached hydrogen (secondary N) is 1. The molecule has 19 heavy (non-hydrogen) atoms. The second-order valence-electron chi connectivity index (χ2n) is 3.84. The van der Waals surface area contributed by atoms with Gasteiger partial charge in [-0.3, -0.25) is 0 Å². The highest BCUT2D eigenvalue weighted by atomic mass is 35.5. The van der Waals surface area contributed by atoms with Gasteiger partial charge in [-0.1, -0.05) is 29.3 Å². The molecule has 0 amide bonds. The lowest BCUT2D eigenvalue weighted by molar-refractivity contribution is 0.380. The molecule has 1 aromatic heterocycles. The molecule has 1 N–H and O–H groups in total. The number of benzene rings is 1. The van der Waals surface area contributed by atoms with Crippen molar-refractivity contribution < 1.29 is 4.74 Å². The third-order valence-electron chi connectivity index (χ3n) is 2.53. The number of rotatable bonds is 5. The number of ether oxygens (including phenoxy) is 1. The molecule has 0 atom stereocenters. The molecule has 4 nitrogen and oxygen atoms in total. The molecule has 0 saturated carbocycles. The number of hydrogen-bond acceptors (Lipinski definition) is 4. The Morgan fingerprint density at radius 3 is 2.84 bits per heavy atom. The Morgan fingerprint density at radius 2 is 2.11 bits per heavy atom. The Hall–Kier alpha value is -1.52. The van der Waals surface area contributed by atoms with E-state index >= 15 is 0 Å². The van der Waals surface area contributed by atoms with Crippen LogP contribution in [0.3, 0.4) is 0 Å². The smallest absolute Gasteiger partial charge is 0.318 e. The van der Waals surface area contributed by atoms with E-state index < -0.39 is 0 Å². The maximum absolute atomic E-state index is 6.10. The van der Waals surface area contributed by atoms with Gasteiger partial charge in [0.2, 0.25) is 0 Å². The molecular formula is C13H13Cl2N3O. The molecule has 2 aromatic rings. The van der Waals surface area contributed by atoms with Crippen molar-refractivity contribution in [1.82, 2.24) is 9.97 Å². The van der Waals surface area contributed by atoms with Gasteiger partial charge < -0.3 is 10.1 Å². The number of methoxy groups -OCH3 is 1. The zero-order valence-electron chi connectivity index (χ0n) is 10.4. The van der Waals surface area contributed by atoms with Crippen molar-refractivity contribution in [1.29, 1.82) is 0 Å². The summed E-state index contributed by atoms with van der Waals surface area (Å²) in [7, 11) is 1.53. The fourth-order valence-electron chi connectivity index (χ4n) is 1.59. The number of halogens is 2. The largest absolute Gasteiger partial charge is 0.467 e. The van der Waals surface area contributed by atoms with Gasteiger partial charge in [-0.15, -0.1) is 0 Å². The number of aromatic nitrogens is 2. The van der Waals surface area contributed by atoms with Crippen LogP contribution >= 0.6 is 23.2 Å². The monoisotopic (exact) mass is 297 g/mol. The van der Waals surface area contributed by atoms with Gasteiger partial charge >= 0.3 is 6.01 Å². The first-order valence-electron chi connectivity index (χ1n) is 5.74. The quantitative estimate of drug-likeness (QED) is 0.918. The molecule has 0 aliphatic heterocycles. The topological polar surface area (TPSA) is 47.0 Å². The average Bonchev–Trinajstić information content (AvgIpc) is 2.41. The van der Waals surface area contributed by atoms with Crippen LogP contribution < -0.4 is 10.1 Å². The second kappa shape index (κ2) is 6.59. The van der Waals surface area contributed by atoms with E-state index in [9.17, 15) is 0 Å². The fraction of sp³-hybridized carbons (Fsp3) is 0.231. The summed E-state index contributed by atoms with van der Waals surface area (Å²) in [5, 5.41) is 4.50. The van der Waals surface area contributed by atoms with Crippen LogP contribution in [-0.2, 0) is 6.42 Å². The predicted molar refractivity (Wildman–Crippen MR) is 77.2 cm³/mol. The Balaban J connectivity index is 1.92. The van der Waals surface area contributed by atoms with Crippen LogP contribution in [0.15, 0.2) is 30.5 Å². The molecule has 0 radical (unpaired) electrons. The molecule has 2 rings (SSSR count). The molecule has 0 saturated heterocycles. The SMILES string of the molecule is COc1nccc(NCCc2ccc(Cl)cc2Cl)n1. The van der Waals surface area contributed by atoms with E-state index in [-0.39, 0.29) is 0 Å². The van der Waals surface area contributed by atoms with Gasteiger partial charge in [0.05, 0.1) is 7.11 Å². The zero-order valence-corrected chi connectivity index (χ0v) is 11.9. The van der Waals surface area contributed by atoms with Gasteiger partial charge in [-0.25, -0.2) is 4.98 Å². The van der Waals surface area contributed by atoms with Crippen LogP contribution in [0.4, 0.5) is 5.82 Å². The second-order valence-corrected chi connectivity index (χ2v) is 4.68. The van der Waals surface area contributed by atoms with E-state index in [2.05, 4.69) is 15.3 Å². The van der Waals surface area contributed by atoms with Crippen LogP contribution in [-0.4, -0.2) is 23.6 Å². The van der Waals surface area contributed by atoms with Crippen LogP contribution in [0.25, 0.3) is 0 Å². The van der Waals surface area contributed by atoms with Gasteiger partial charge in [0.25, 0.3) is 0 Å². The molecule has 0 aliphatic rings. The van der Waals surface area contributed by atoms with Gasteiger partial charge in [0, 0.05) is 22.8 Å². The lowest BCUT2D eigenvalue weighted by atomic mass is 10.1. The normalized spacial score (nSPS) is 10.3. The third-order valence-corrected chi connectivity index (χ3v) is 3.12. The van der Waals surface area contributed by atoms with Crippen molar-refractivity contribution in [2.45, 2.75) is 6.42 Å². The van der Waals surface area contributed by atoms with Gasteiger partial charge in [0.1, 0.15) is 5.82 Å². The Kier molecular flexibility index (Phi) is 4.82. The van der Waals surface area contributed by atoms with Crippen molar-refractivity contribution in [3.05, 3.63) is 46.1 Å². The molecule has 1 aromatic carbocycles. The van der Waals surface area contributed by atoms with Crippen LogP contribution in [0, 0.1) is 0 Å². The summed E-state index contributed by atoms with van der Waals surface area (Å²) in [6.07, 6.45) is 2.42. The summed E-state index contributed by atoms with van der Waals surface area (Å²) in [6, 6.07) is 7.62. The van der Waals surface area contributed by atoms with E-state index in [0.29, 0.717) is 22.6 Å². The maximum Gasteiger partial charge on any atom is 0.318 e. The lowest BCUT2D eigenvalue weighted by Gasteiger charge is -2.07. The summed E-state index contributed by atoms with van der Waals surface area (Å²) >= 11 is 12.0. The van der Waals surface area contributed by atoms with E-state index in [4.69, 9.17) is 27.9 Å². The first-order chi connectivity index (χ1) is 9.19. The zero-order chi connectivity index (χ0) is 13.7. The first kappa shape index (κ1) is 13.9. The van der Waals surface area contributed by atoms with E-state index in [1.807, 2.05) is 12.1 Å². The van der Waals surface area contributed by atoms with E-state index in [0.717, 1.165) is 17.8 Å². The Morgan fingerprint density at radius 1 is 1.26 bits per heavy atom. The van der Waals surface area contributed by atoms with Crippen LogP contribution in [0.2, 0.25) is 10.0 Å². The summed E-state index contributed by atoms with van der Waals surface area (Å²) in [5.41, 5.74) is 1.04. The van der Waals surface area contributed by atoms with Gasteiger partial charge in [-0.2, -0.15) is 4.98 Å². The minimum Gasteiger partial charge on any atom is -0.467 e. The standard InChI is InChI=1S/C13H13Cl2N3O/c1-19-13-17-7-5-12(18-13)16-6-4-9-2-3-10(14)8-11(9)15/h2-3,5,7-8H,4,6H2,1H3,(H,16,17,18). The minimum absolute atomic E-state index is 0.342. The van der Waals surface area contributed by atoms with Crippen LogP contribution in [0.5, 0.6) is 6.01 Å². The molecule has 0 bridgehead atoms. The molecule has 100 valence electrons. The van der Waals surface area contributed by atoms with Crippen molar-refractivity contribution in [3.63, 3.8) is 0 Å². The summed E-state index contributed by atoms with van der Waals surface area (Å²) in [5.74, 6) is 0.719. The number of anilines is 1. The average molecular weight is 298 g/mol. The molecule has 0 aliphatic carbocycles. The van der Waals surface area contributed by atoms with Crippen molar-refractivity contribution in [2.24, 2.45) is 0 Å². The lowest BCUT2D eigenvalue weighted by Crippen LogP contribution is -2.07. The molecular weight excluding hydrogens is 285 g/mol. The van der Waals surface area contributed by atoms with E-state index in [1.165, 1.54) is 7.11 Å². The number of nitrogens with zero attached hydrogens (tertiary/aromatic N) is 2. The fourth-order valence-corrected chi connectivity index (χ4v) is 2.09. The molecule has 6 heteroatoms. The molecule has 0 unspecified atom stereocenters. The van der Waals surface area contributed by atoms with Crippen molar-refractivity contribution >= 4 is 29.0 Å². The Labute approximate surface area is 121 Å². The van der Waals surface area contributed by atoms with Crippen molar-refractivity contribution in [3.8, 4) is 6.01 Å². The molecule has 0 fully saturated rings. The van der Waals surface area contributed by atoms with E-state index in [1.54, 1.807) is 18.3 Å². The Bertz CT molecular complexity index is 563. The predicted octanol–water partition coefficient (Wildman–Crippen LogP) is 3.45.